The molecule has 6 nitrogen and oxygen atoms in total. The van der Waals surface area contributed by atoms with E-state index in [1.54, 1.807) is 12.1 Å². The van der Waals surface area contributed by atoms with Gasteiger partial charge < -0.3 is 14.5 Å². The first-order valence-electron chi connectivity index (χ1n) is 11.0. The fourth-order valence-electron chi connectivity index (χ4n) is 4.54. The van der Waals surface area contributed by atoms with Crippen molar-refractivity contribution in [3.8, 4) is 0 Å². The van der Waals surface area contributed by atoms with E-state index in [1.807, 2.05) is 42.5 Å². The third-order valence-corrected chi connectivity index (χ3v) is 6.12. The normalized spacial score (nSPS) is 14.8. The maximum Gasteiger partial charge on any atom is 0.338 e. The lowest BCUT2D eigenvalue weighted by Gasteiger charge is -2.12. The standard InChI is InChI=1S/C27H24N2O4/c1-32-27(31)20-14-22(28-24(30)16-19-12-11-18-9-5-6-10-21(18)19)26-23(15-20)29-25(33-26)13-17-7-3-2-4-8-17/h2-10,14-15,19H,11-13,16H2,1H3,(H,28,30)/t19-/m0/s1. The Balaban J connectivity index is 1.43. The maximum absolute atomic E-state index is 13.0. The molecule has 0 spiro atoms. The highest BCUT2D eigenvalue weighted by molar-refractivity contribution is 6.03. The number of nitrogens with zero attached hydrogens (tertiary/aromatic N) is 1. The van der Waals surface area contributed by atoms with Gasteiger partial charge in [-0.1, -0.05) is 54.6 Å². The van der Waals surface area contributed by atoms with E-state index in [9.17, 15) is 9.59 Å². The molecule has 1 atom stereocenters. The van der Waals surface area contributed by atoms with Gasteiger partial charge in [-0.25, -0.2) is 9.78 Å². The third kappa shape index (κ3) is 4.37. The summed E-state index contributed by atoms with van der Waals surface area (Å²) in [4.78, 5) is 29.8. The van der Waals surface area contributed by atoms with Crippen molar-refractivity contribution in [1.29, 1.82) is 0 Å². The molecule has 0 radical (unpaired) electrons. The van der Waals surface area contributed by atoms with Gasteiger partial charge in [-0.2, -0.15) is 0 Å². The van der Waals surface area contributed by atoms with Crippen LogP contribution >= 0.6 is 0 Å². The molecule has 1 aliphatic carbocycles. The van der Waals surface area contributed by atoms with Crippen molar-refractivity contribution in [2.45, 2.75) is 31.6 Å². The van der Waals surface area contributed by atoms with Gasteiger partial charge in [0.15, 0.2) is 11.5 Å². The van der Waals surface area contributed by atoms with E-state index in [1.165, 1.54) is 18.2 Å². The molecule has 0 bridgehead atoms. The molecule has 4 aromatic rings. The number of hydrogen-bond donors (Lipinski definition) is 1. The van der Waals surface area contributed by atoms with Gasteiger partial charge in [0.05, 0.1) is 18.4 Å². The van der Waals surface area contributed by atoms with Crippen LogP contribution in [0.5, 0.6) is 0 Å². The number of ether oxygens (including phenoxy) is 1. The van der Waals surface area contributed by atoms with Crippen LogP contribution in [0.3, 0.4) is 0 Å². The summed E-state index contributed by atoms with van der Waals surface area (Å²) in [6, 6.07) is 21.4. The minimum atomic E-state index is -0.496. The van der Waals surface area contributed by atoms with Crippen LogP contribution in [0.1, 0.15) is 51.7 Å². The Morgan fingerprint density at radius 1 is 1.09 bits per heavy atom. The SMILES string of the molecule is COC(=O)c1cc(NC(=O)C[C@@H]2CCc3ccccc32)c2oc(Cc3ccccc3)nc2c1. The number of rotatable bonds is 6. The first kappa shape index (κ1) is 20.9. The smallest absolute Gasteiger partial charge is 0.338 e. The van der Waals surface area contributed by atoms with E-state index in [0.717, 1.165) is 18.4 Å². The number of hydrogen-bond acceptors (Lipinski definition) is 5. The Labute approximate surface area is 191 Å². The molecule has 5 rings (SSSR count). The number of aromatic nitrogens is 1. The number of benzene rings is 3. The second-order valence-corrected chi connectivity index (χ2v) is 8.32. The van der Waals surface area contributed by atoms with E-state index in [-0.39, 0.29) is 11.8 Å². The Kier molecular flexibility index (Phi) is 5.65. The number of anilines is 1. The van der Waals surface area contributed by atoms with E-state index < -0.39 is 5.97 Å². The van der Waals surface area contributed by atoms with E-state index in [2.05, 4.69) is 22.4 Å². The molecule has 0 unspecified atom stereocenters. The molecular formula is C27H24N2O4. The molecule has 6 heteroatoms. The van der Waals surface area contributed by atoms with Crippen LogP contribution in [0.25, 0.3) is 11.1 Å². The average molecular weight is 440 g/mol. The lowest BCUT2D eigenvalue weighted by molar-refractivity contribution is -0.116. The van der Waals surface area contributed by atoms with Gasteiger partial charge in [0, 0.05) is 12.8 Å². The highest BCUT2D eigenvalue weighted by Gasteiger charge is 2.25. The summed E-state index contributed by atoms with van der Waals surface area (Å²) in [5.41, 5.74) is 5.31. The van der Waals surface area contributed by atoms with Crippen molar-refractivity contribution < 1.29 is 18.7 Å². The Bertz CT molecular complexity index is 1330. The van der Waals surface area contributed by atoms with Crippen LogP contribution in [0.2, 0.25) is 0 Å². The molecule has 33 heavy (non-hydrogen) atoms. The fraction of sp³-hybridized carbons (Fsp3) is 0.222. The van der Waals surface area contributed by atoms with Crippen molar-refractivity contribution in [2.24, 2.45) is 0 Å². The minimum Gasteiger partial charge on any atom is -0.465 e. The predicted octanol–water partition coefficient (Wildman–Crippen LogP) is 5.26. The quantitative estimate of drug-likeness (QED) is 0.414. The highest BCUT2D eigenvalue weighted by Crippen LogP contribution is 2.36. The summed E-state index contributed by atoms with van der Waals surface area (Å²) in [7, 11) is 1.33. The van der Waals surface area contributed by atoms with Crippen molar-refractivity contribution in [3.05, 3.63) is 94.9 Å². The van der Waals surface area contributed by atoms with E-state index in [0.29, 0.717) is 41.1 Å². The van der Waals surface area contributed by atoms with Gasteiger partial charge in [0.1, 0.15) is 5.52 Å². The number of esters is 1. The van der Waals surface area contributed by atoms with Gasteiger partial charge in [0.25, 0.3) is 0 Å². The van der Waals surface area contributed by atoms with E-state index >= 15 is 0 Å². The summed E-state index contributed by atoms with van der Waals surface area (Å²) in [5, 5.41) is 2.96. The van der Waals surface area contributed by atoms with Gasteiger partial charge in [-0.05, 0) is 47.6 Å². The third-order valence-electron chi connectivity index (χ3n) is 6.12. The summed E-state index contributed by atoms with van der Waals surface area (Å²) in [6.07, 6.45) is 2.82. The minimum absolute atomic E-state index is 0.124. The molecule has 166 valence electrons. The zero-order chi connectivity index (χ0) is 22.8. The first-order chi connectivity index (χ1) is 16.1. The maximum atomic E-state index is 13.0. The molecule has 0 saturated carbocycles. The molecule has 1 heterocycles. The number of nitrogens with one attached hydrogen (secondary N) is 1. The lowest BCUT2D eigenvalue weighted by Crippen LogP contribution is -2.15. The number of oxazole rings is 1. The second-order valence-electron chi connectivity index (χ2n) is 8.32. The van der Waals surface area contributed by atoms with Crippen molar-refractivity contribution in [1.82, 2.24) is 4.98 Å². The predicted molar refractivity (Wildman–Crippen MR) is 125 cm³/mol. The summed E-state index contributed by atoms with van der Waals surface area (Å²) in [6.45, 7) is 0. The van der Waals surface area contributed by atoms with E-state index in [4.69, 9.17) is 9.15 Å². The first-order valence-corrected chi connectivity index (χ1v) is 11.0. The summed E-state index contributed by atoms with van der Waals surface area (Å²) >= 11 is 0. The fourth-order valence-corrected chi connectivity index (χ4v) is 4.54. The number of carbonyl (C=O) groups excluding carboxylic acids is 2. The number of amides is 1. The van der Waals surface area contributed by atoms with Crippen LogP contribution in [-0.4, -0.2) is 24.0 Å². The van der Waals surface area contributed by atoms with Crippen molar-refractivity contribution >= 4 is 28.7 Å². The monoisotopic (exact) mass is 440 g/mol. The second kappa shape index (κ2) is 8.90. The zero-order valence-corrected chi connectivity index (χ0v) is 18.3. The number of carbonyl (C=O) groups is 2. The largest absolute Gasteiger partial charge is 0.465 e. The number of aryl methyl sites for hydroxylation is 1. The Morgan fingerprint density at radius 3 is 2.70 bits per heavy atom. The highest BCUT2D eigenvalue weighted by atomic mass is 16.5. The molecular weight excluding hydrogens is 416 g/mol. The lowest BCUT2D eigenvalue weighted by atomic mass is 9.97. The average Bonchev–Trinajstić information content (AvgIpc) is 3.43. The Hall–Kier alpha value is -3.93. The molecule has 3 aromatic carbocycles. The van der Waals surface area contributed by atoms with Crippen LogP contribution in [-0.2, 0) is 22.4 Å². The Morgan fingerprint density at radius 2 is 1.88 bits per heavy atom. The zero-order valence-electron chi connectivity index (χ0n) is 18.3. The molecule has 0 fully saturated rings. The van der Waals surface area contributed by atoms with Gasteiger partial charge in [-0.15, -0.1) is 0 Å². The number of methoxy groups -OCH3 is 1. The van der Waals surface area contributed by atoms with Gasteiger partial charge in [-0.3, -0.25) is 4.79 Å². The van der Waals surface area contributed by atoms with Crippen LogP contribution in [0.15, 0.2) is 71.1 Å². The summed E-state index contributed by atoms with van der Waals surface area (Å²) in [5.74, 6) is 0.0769. The molecule has 1 amide bonds. The molecule has 0 saturated heterocycles. The molecule has 1 aliphatic rings. The summed E-state index contributed by atoms with van der Waals surface area (Å²) < 4.78 is 10.9. The van der Waals surface area contributed by atoms with Gasteiger partial charge >= 0.3 is 5.97 Å². The molecule has 1 N–H and O–H groups in total. The molecule has 1 aromatic heterocycles. The van der Waals surface area contributed by atoms with Crippen LogP contribution in [0, 0.1) is 0 Å². The number of fused-ring (bicyclic) bond motifs is 2. The van der Waals surface area contributed by atoms with Crippen molar-refractivity contribution in [3.63, 3.8) is 0 Å². The van der Waals surface area contributed by atoms with Crippen molar-refractivity contribution in [2.75, 3.05) is 12.4 Å². The molecule has 0 aliphatic heterocycles. The van der Waals surface area contributed by atoms with Crippen LogP contribution < -0.4 is 5.32 Å². The van der Waals surface area contributed by atoms with Crippen LogP contribution in [0.4, 0.5) is 5.69 Å². The van der Waals surface area contributed by atoms with Gasteiger partial charge in [0.2, 0.25) is 5.91 Å². The topological polar surface area (TPSA) is 81.4 Å².